The zero-order chi connectivity index (χ0) is 17.9. The van der Waals surface area contributed by atoms with Gasteiger partial charge in [-0.15, -0.1) is 0 Å². The van der Waals surface area contributed by atoms with Gasteiger partial charge in [-0.1, -0.05) is 28.1 Å². The number of halogens is 4. The van der Waals surface area contributed by atoms with Crippen LogP contribution in [0.25, 0.3) is 0 Å². The molecule has 1 aliphatic rings. The highest BCUT2D eigenvalue weighted by Crippen LogP contribution is 2.24. The number of hydrogen-bond acceptors (Lipinski definition) is 2. The van der Waals surface area contributed by atoms with E-state index in [4.69, 9.17) is 0 Å². The van der Waals surface area contributed by atoms with Crippen LogP contribution < -0.4 is 5.32 Å². The molecular weight excluding hydrogens is 389 g/mol. The van der Waals surface area contributed by atoms with Crippen LogP contribution >= 0.6 is 15.9 Å². The fourth-order valence-electron chi connectivity index (χ4n) is 2.70. The standard InChI is InChI=1S/C16H18BrF3N2O2/c1-10(6-11-2-4-13(17)5-3-11)21-15(24)12-7-14(23)22(8-12)9-16(18,19)20/h2-5,10,12H,6-9H2,1H3,(H,21,24). The van der Waals surface area contributed by atoms with Crippen molar-refractivity contribution in [1.82, 2.24) is 10.2 Å². The molecule has 0 radical (unpaired) electrons. The minimum Gasteiger partial charge on any atom is -0.353 e. The summed E-state index contributed by atoms with van der Waals surface area (Å²) < 4.78 is 38.1. The molecule has 0 saturated carbocycles. The third-order valence-corrected chi connectivity index (χ3v) is 4.33. The van der Waals surface area contributed by atoms with E-state index in [-0.39, 0.29) is 24.9 Å². The highest BCUT2D eigenvalue weighted by Gasteiger charge is 2.40. The van der Waals surface area contributed by atoms with Crippen LogP contribution in [0.2, 0.25) is 0 Å². The summed E-state index contributed by atoms with van der Waals surface area (Å²) in [6, 6.07) is 7.47. The van der Waals surface area contributed by atoms with Crippen molar-refractivity contribution in [2.24, 2.45) is 5.92 Å². The second-order valence-corrected chi connectivity index (χ2v) is 6.95. The first-order chi connectivity index (χ1) is 11.1. The van der Waals surface area contributed by atoms with Crippen molar-refractivity contribution in [2.75, 3.05) is 13.1 Å². The number of carbonyl (C=O) groups is 2. The topological polar surface area (TPSA) is 49.4 Å². The number of amides is 2. The molecule has 1 N–H and O–H groups in total. The van der Waals surface area contributed by atoms with Gasteiger partial charge in [-0.25, -0.2) is 0 Å². The minimum absolute atomic E-state index is 0.174. The van der Waals surface area contributed by atoms with Crippen molar-refractivity contribution in [3.8, 4) is 0 Å². The summed E-state index contributed by atoms with van der Waals surface area (Å²) in [6.07, 6.45) is -4.02. The number of likely N-dealkylation sites (tertiary alicyclic amines) is 1. The van der Waals surface area contributed by atoms with E-state index in [1.165, 1.54) is 0 Å². The van der Waals surface area contributed by atoms with Gasteiger partial charge in [0.2, 0.25) is 11.8 Å². The van der Waals surface area contributed by atoms with E-state index in [1.807, 2.05) is 31.2 Å². The molecule has 0 spiro atoms. The lowest BCUT2D eigenvalue weighted by atomic mass is 10.0. The summed E-state index contributed by atoms with van der Waals surface area (Å²) >= 11 is 3.34. The Morgan fingerprint density at radius 1 is 1.38 bits per heavy atom. The largest absolute Gasteiger partial charge is 0.406 e. The fourth-order valence-corrected chi connectivity index (χ4v) is 2.97. The lowest BCUT2D eigenvalue weighted by Crippen LogP contribution is -2.40. The maximum Gasteiger partial charge on any atom is 0.406 e. The molecule has 0 aromatic heterocycles. The van der Waals surface area contributed by atoms with Gasteiger partial charge in [0.25, 0.3) is 0 Å². The first-order valence-corrected chi connectivity index (χ1v) is 8.32. The summed E-state index contributed by atoms with van der Waals surface area (Å²) in [6.45, 7) is 0.337. The zero-order valence-corrected chi connectivity index (χ0v) is 14.7. The predicted molar refractivity (Wildman–Crippen MR) is 86.2 cm³/mol. The first-order valence-electron chi connectivity index (χ1n) is 7.53. The lowest BCUT2D eigenvalue weighted by Gasteiger charge is -2.19. The number of rotatable bonds is 5. The smallest absolute Gasteiger partial charge is 0.353 e. The van der Waals surface area contributed by atoms with Crippen LogP contribution in [0.4, 0.5) is 13.2 Å². The van der Waals surface area contributed by atoms with Crippen LogP contribution in [-0.2, 0) is 16.0 Å². The van der Waals surface area contributed by atoms with E-state index in [1.54, 1.807) is 0 Å². The number of carbonyl (C=O) groups excluding carboxylic acids is 2. The molecule has 1 aliphatic heterocycles. The van der Waals surface area contributed by atoms with E-state index >= 15 is 0 Å². The molecule has 1 heterocycles. The average molecular weight is 407 g/mol. The number of alkyl halides is 3. The third kappa shape index (κ3) is 5.51. The summed E-state index contributed by atoms with van der Waals surface area (Å²) in [5.41, 5.74) is 1.03. The average Bonchev–Trinajstić information content (AvgIpc) is 2.81. The van der Waals surface area contributed by atoms with Crippen LogP contribution in [0, 0.1) is 5.92 Å². The lowest BCUT2D eigenvalue weighted by molar-refractivity contribution is -0.157. The predicted octanol–water partition coefficient (Wildman–Crippen LogP) is 2.91. The van der Waals surface area contributed by atoms with Crippen LogP contribution in [0.15, 0.2) is 28.7 Å². The van der Waals surface area contributed by atoms with Gasteiger partial charge in [0, 0.05) is 23.5 Å². The molecule has 1 aromatic rings. The molecule has 2 atom stereocenters. The Labute approximate surface area is 146 Å². The Hall–Kier alpha value is -1.57. The highest BCUT2D eigenvalue weighted by molar-refractivity contribution is 9.10. The SMILES string of the molecule is CC(Cc1ccc(Br)cc1)NC(=O)C1CC(=O)N(CC(F)(F)F)C1. The second-order valence-electron chi connectivity index (χ2n) is 6.03. The molecule has 4 nitrogen and oxygen atoms in total. The van der Waals surface area contributed by atoms with Crippen molar-refractivity contribution in [3.05, 3.63) is 34.3 Å². The van der Waals surface area contributed by atoms with Gasteiger partial charge in [0.05, 0.1) is 5.92 Å². The van der Waals surface area contributed by atoms with E-state index < -0.39 is 24.5 Å². The second kappa shape index (κ2) is 7.55. The van der Waals surface area contributed by atoms with Crippen molar-refractivity contribution in [2.45, 2.75) is 32.0 Å². The van der Waals surface area contributed by atoms with E-state index in [0.717, 1.165) is 10.0 Å². The molecule has 24 heavy (non-hydrogen) atoms. The molecule has 2 rings (SSSR count). The Kier molecular flexibility index (Phi) is 5.90. The third-order valence-electron chi connectivity index (χ3n) is 3.80. The van der Waals surface area contributed by atoms with Crippen molar-refractivity contribution >= 4 is 27.7 Å². The number of nitrogens with one attached hydrogen (secondary N) is 1. The van der Waals surface area contributed by atoms with Crippen molar-refractivity contribution in [1.29, 1.82) is 0 Å². The molecule has 0 bridgehead atoms. The first kappa shape index (κ1) is 18.8. The van der Waals surface area contributed by atoms with Gasteiger partial charge in [-0.3, -0.25) is 9.59 Å². The highest BCUT2D eigenvalue weighted by atomic mass is 79.9. The molecule has 0 aliphatic carbocycles. The molecule has 2 unspecified atom stereocenters. The number of benzene rings is 1. The summed E-state index contributed by atoms with van der Waals surface area (Å²) in [7, 11) is 0. The molecule has 1 fully saturated rings. The van der Waals surface area contributed by atoms with Gasteiger partial charge < -0.3 is 10.2 Å². The van der Waals surface area contributed by atoms with Crippen LogP contribution in [0.1, 0.15) is 18.9 Å². The quantitative estimate of drug-likeness (QED) is 0.816. The summed E-state index contributed by atoms with van der Waals surface area (Å²) in [5, 5.41) is 2.78. The van der Waals surface area contributed by atoms with Gasteiger partial charge in [0.1, 0.15) is 6.54 Å². The maximum atomic E-state index is 12.4. The van der Waals surface area contributed by atoms with E-state index in [2.05, 4.69) is 21.2 Å². The zero-order valence-electron chi connectivity index (χ0n) is 13.1. The van der Waals surface area contributed by atoms with E-state index in [9.17, 15) is 22.8 Å². The van der Waals surface area contributed by atoms with Gasteiger partial charge in [0.15, 0.2) is 0 Å². The fraction of sp³-hybridized carbons (Fsp3) is 0.500. The Balaban J connectivity index is 1.86. The van der Waals surface area contributed by atoms with Gasteiger partial charge >= 0.3 is 6.18 Å². The van der Waals surface area contributed by atoms with Gasteiger partial charge in [-0.2, -0.15) is 13.2 Å². The Morgan fingerprint density at radius 2 is 2.00 bits per heavy atom. The molecular formula is C16H18BrF3N2O2. The normalized spacial score (nSPS) is 19.5. The molecule has 132 valence electrons. The maximum absolute atomic E-state index is 12.4. The van der Waals surface area contributed by atoms with E-state index in [0.29, 0.717) is 11.3 Å². The Bertz CT molecular complexity index is 604. The molecule has 8 heteroatoms. The van der Waals surface area contributed by atoms with Crippen molar-refractivity contribution in [3.63, 3.8) is 0 Å². The Morgan fingerprint density at radius 3 is 2.58 bits per heavy atom. The molecule has 1 aromatic carbocycles. The summed E-state index contributed by atoms with van der Waals surface area (Å²) in [4.78, 5) is 24.5. The molecule has 2 amide bonds. The van der Waals surface area contributed by atoms with Gasteiger partial charge in [-0.05, 0) is 31.0 Å². The van der Waals surface area contributed by atoms with Crippen LogP contribution in [0.3, 0.4) is 0 Å². The van der Waals surface area contributed by atoms with Crippen LogP contribution in [0.5, 0.6) is 0 Å². The monoisotopic (exact) mass is 406 g/mol. The summed E-state index contributed by atoms with van der Waals surface area (Å²) in [5.74, 6) is -1.74. The van der Waals surface area contributed by atoms with Crippen LogP contribution in [-0.4, -0.2) is 42.0 Å². The molecule has 1 saturated heterocycles. The van der Waals surface area contributed by atoms with Crippen molar-refractivity contribution < 1.29 is 22.8 Å². The number of nitrogens with zero attached hydrogens (tertiary/aromatic N) is 1. The minimum atomic E-state index is -4.45. The number of hydrogen-bond donors (Lipinski definition) is 1.